The van der Waals surface area contributed by atoms with Crippen LogP contribution in [0, 0.1) is 29.6 Å². The van der Waals surface area contributed by atoms with E-state index in [-0.39, 0.29) is 84.5 Å². The zero-order valence-electron chi connectivity index (χ0n) is 65.2. The number of aryl methyl sites for hydroxylation is 2. The number of hydrogen-bond acceptors (Lipinski definition) is 17. The van der Waals surface area contributed by atoms with Crippen molar-refractivity contribution in [3.63, 3.8) is 0 Å². The number of rotatable bonds is 38. The minimum Gasteiger partial charge on any atom is -0.497 e. The number of nitrogens with zero attached hydrogens (tertiary/aromatic N) is 1. The van der Waals surface area contributed by atoms with E-state index in [2.05, 4.69) is 43.7 Å². The topological polar surface area (TPSA) is 299 Å². The molecule has 0 aliphatic heterocycles. The number of benzene rings is 4. The molecule has 5 atom stereocenters. The van der Waals surface area contributed by atoms with Crippen LogP contribution in [0.4, 0.5) is 0 Å². The molecular weight excluding hydrogens is 1400 g/mol. The van der Waals surface area contributed by atoms with Gasteiger partial charge in [0.25, 0.3) is 0 Å². The molecule has 0 aliphatic rings. The molecule has 0 fully saturated rings. The van der Waals surface area contributed by atoms with Gasteiger partial charge in [-0.1, -0.05) is 185 Å². The van der Waals surface area contributed by atoms with E-state index in [1.54, 1.807) is 76.7 Å². The van der Waals surface area contributed by atoms with Crippen LogP contribution in [-0.4, -0.2) is 135 Å². The first-order chi connectivity index (χ1) is 50.2. The largest absolute Gasteiger partial charge is 0.497 e. The standard InChI is InChI=1S/C18H27NO3.C17H25NO4.C17H25NO3.C16H21Cl2NO3.C14H20N2O3/c1-14(2)13-22-18(21)15(3)19-17(20)12-8-7-11-16-9-5-4-6-10-16;1-5-15(17(20)22-11-12(2)3)18-16(19)10-13-7-6-8-14(9-13)21-4;1-13(2)12-21-17(20)14(3)18-16(19)11-7-10-15-8-5-4-6-9-15;1-4-14(16(21)22-9-10(2)3)19-15(20)8-11-5-6-12(17)13(18)7-11;1-10(2)9-19-14(18)11(3)16-13(17)8-12-4-6-15-7-5-12/h4-6,9-10,14-15H,7-8,11-13H2,1-3H3,(H,19,20);6-9,12,15H,5,10-11H2,1-4H3,(H,18,19);4-6,8-9,13-14H,7,10-12H2,1-3H3,(H,18,19);5-7,10,14H,4,8-9H2,1-3H3,(H,19,20);4-7,10-11H,8-9H2,1-3H3,(H,16,17)/t15-;;14-;;11-/m0.0.0/s1. The zero-order valence-corrected chi connectivity index (χ0v) is 66.7. The van der Waals surface area contributed by atoms with Gasteiger partial charge >= 0.3 is 29.8 Å². The summed E-state index contributed by atoms with van der Waals surface area (Å²) in [5.74, 6) is -0.708. The molecule has 5 rings (SSSR count). The molecular formula is C82H118Cl2N6O16. The van der Waals surface area contributed by atoms with Crippen molar-refractivity contribution in [3.8, 4) is 5.75 Å². The second-order valence-electron chi connectivity index (χ2n) is 27.6. The van der Waals surface area contributed by atoms with Gasteiger partial charge in [0.1, 0.15) is 36.0 Å². The van der Waals surface area contributed by atoms with Gasteiger partial charge in [-0.05, 0) is 160 Å². The third-order valence-corrected chi connectivity index (χ3v) is 15.4. The van der Waals surface area contributed by atoms with Gasteiger partial charge in [-0.15, -0.1) is 0 Å². The van der Waals surface area contributed by atoms with Crippen molar-refractivity contribution < 1.29 is 76.4 Å². The van der Waals surface area contributed by atoms with E-state index in [0.29, 0.717) is 86.3 Å². The summed E-state index contributed by atoms with van der Waals surface area (Å²) in [5.41, 5.74) is 4.93. The maximum absolute atomic E-state index is 12.1. The monoisotopic (exact) mass is 1510 g/mol. The van der Waals surface area contributed by atoms with E-state index in [1.807, 2.05) is 150 Å². The fourth-order valence-electron chi connectivity index (χ4n) is 8.91. The summed E-state index contributed by atoms with van der Waals surface area (Å²) in [5, 5.41) is 14.2. The highest BCUT2D eigenvalue weighted by Gasteiger charge is 2.24. The lowest BCUT2D eigenvalue weighted by Crippen LogP contribution is -2.42. The summed E-state index contributed by atoms with van der Waals surface area (Å²) in [6.45, 7) is 30.1. The van der Waals surface area contributed by atoms with Crippen LogP contribution in [0.2, 0.25) is 10.0 Å². The Morgan fingerprint density at radius 1 is 0.358 bits per heavy atom. The van der Waals surface area contributed by atoms with Gasteiger partial charge in [0, 0.05) is 25.2 Å². The molecule has 22 nitrogen and oxygen atoms in total. The summed E-state index contributed by atoms with van der Waals surface area (Å²) in [7, 11) is 1.58. The number of hydrogen-bond donors (Lipinski definition) is 5. The van der Waals surface area contributed by atoms with Crippen molar-refractivity contribution in [1.29, 1.82) is 0 Å². The van der Waals surface area contributed by atoms with Gasteiger partial charge < -0.3 is 55.0 Å². The average molecular weight is 1510 g/mol. The number of methoxy groups -OCH3 is 1. The first kappa shape index (κ1) is 95.1. The van der Waals surface area contributed by atoms with Crippen LogP contribution < -0.4 is 31.3 Å². The van der Waals surface area contributed by atoms with Crippen molar-refractivity contribution in [3.05, 3.63) is 166 Å². The molecule has 5 aromatic rings. The van der Waals surface area contributed by atoms with E-state index in [1.165, 1.54) is 11.1 Å². The molecule has 0 radical (unpaired) electrons. The molecule has 0 aliphatic carbocycles. The van der Waals surface area contributed by atoms with Crippen molar-refractivity contribution in [2.45, 2.75) is 211 Å². The SMILES string of the molecule is CC(C)COC(=O)[C@H](C)NC(=O)CCCCc1ccccc1.CC(C)COC(=O)[C@H](C)NC(=O)CCCc1ccccc1.CC(C)COC(=O)[C@H](C)NC(=O)Cc1ccncc1.CCC(NC(=O)Cc1ccc(Cl)c(Cl)c1)C(=O)OCC(C)C.CCC(NC(=O)Cc1cccc(OC)c1)C(=O)OCC(C)C. The first-order valence-electron chi connectivity index (χ1n) is 36.6. The molecule has 0 saturated heterocycles. The molecule has 1 heterocycles. The molecule has 5 amide bonds. The summed E-state index contributed by atoms with van der Waals surface area (Å²) in [4.78, 5) is 122. The van der Waals surface area contributed by atoms with Gasteiger partial charge in [0.15, 0.2) is 0 Å². The number of carbonyl (C=O) groups is 10. The Hall–Kier alpha value is -8.89. The Balaban J connectivity index is 0.000000663. The molecule has 0 bridgehead atoms. The fourth-order valence-corrected chi connectivity index (χ4v) is 9.23. The summed E-state index contributed by atoms with van der Waals surface area (Å²) < 4.78 is 30.7. The highest BCUT2D eigenvalue weighted by atomic mass is 35.5. The third-order valence-electron chi connectivity index (χ3n) is 14.7. The van der Waals surface area contributed by atoms with Crippen molar-refractivity contribution >= 4 is 82.6 Å². The van der Waals surface area contributed by atoms with E-state index in [0.717, 1.165) is 48.8 Å². The van der Waals surface area contributed by atoms with Crippen LogP contribution in [0.25, 0.3) is 0 Å². The lowest BCUT2D eigenvalue weighted by molar-refractivity contribution is -0.149. The molecule has 24 heteroatoms. The quantitative estimate of drug-likeness (QED) is 0.0139. The molecule has 2 unspecified atom stereocenters. The van der Waals surface area contributed by atoms with E-state index >= 15 is 0 Å². The Labute approximate surface area is 639 Å². The average Bonchev–Trinajstić information content (AvgIpc) is 0.889. The minimum absolute atomic E-state index is 0.0953. The van der Waals surface area contributed by atoms with Crippen LogP contribution >= 0.6 is 23.2 Å². The Bertz CT molecular complexity index is 3380. The van der Waals surface area contributed by atoms with Crippen LogP contribution in [0.1, 0.15) is 177 Å². The number of esters is 5. The van der Waals surface area contributed by atoms with Crippen LogP contribution in [0.5, 0.6) is 5.75 Å². The second kappa shape index (κ2) is 55.5. The van der Waals surface area contributed by atoms with Gasteiger partial charge in [-0.3, -0.25) is 29.0 Å². The predicted molar refractivity (Wildman–Crippen MR) is 414 cm³/mol. The van der Waals surface area contributed by atoms with E-state index < -0.39 is 42.1 Å². The number of halogens is 2. The second-order valence-corrected chi connectivity index (χ2v) is 28.4. The van der Waals surface area contributed by atoms with Crippen LogP contribution in [0.15, 0.2) is 128 Å². The Morgan fingerprint density at radius 3 is 1.09 bits per heavy atom. The number of carbonyl (C=O) groups excluding carboxylic acids is 10. The van der Waals surface area contributed by atoms with Gasteiger partial charge in [0.2, 0.25) is 29.5 Å². The van der Waals surface area contributed by atoms with Crippen molar-refractivity contribution in [2.75, 3.05) is 40.1 Å². The lowest BCUT2D eigenvalue weighted by Gasteiger charge is -2.17. The number of amides is 5. The Morgan fingerprint density at radius 2 is 0.708 bits per heavy atom. The number of pyridine rings is 1. The van der Waals surface area contributed by atoms with Gasteiger partial charge in [0.05, 0.1) is 69.5 Å². The normalized spacial score (nSPS) is 12.0. The van der Waals surface area contributed by atoms with E-state index in [9.17, 15) is 47.9 Å². The molecule has 106 heavy (non-hydrogen) atoms. The Kier molecular flexibility index (Phi) is 49.8. The third kappa shape index (κ3) is 46.8. The van der Waals surface area contributed by atoms with Crippen molar-refractivity contribution in [1.82, 2.24) is 31.6 Å². The molecule has 4 aromatic carbocycles. The number of aromatic nitrogens is 1. The highest BCUT2D eigenvalue weighted by Crippen LogP contribution is 2.23. The number of unbranched alkanes of at least 4 members (excludes halogenated alkanes) is 1. The van der Waals surface area contributed by atoms with Crippen LogP contribution in [0.3, 0.4) is 0 Å². The molecule has 586 valence electrons. The number of ether oxygens (including phenoxy) is 6. The van der Waals surface area contributed by atoms with Gasteiger partial charge in [-0.25, -0.2) is 24.0 Å². The molecule has 0 spiro atoms. The fraction of sp³-hybridized carbons (Fsp3) is 0.524. The van der Waals surface area contributed by atoms with E-state index in [4.69, 9.17) is 51.6 Å². The molecule has 5 N–H and O–H groups in total. The minimum atomic E-state index is -0.631. The smallest absolute Gasteiger partial charge is 0.328 e. The van der Waals surface area contributed by atoms with Gasteiger partial charge in [-0.2, -0.15) is 0 Å². The molecule has 1 aromatic heterocycles. The maximum Gasteiger partial charge on any atom is 0.328 e. The number of nitrogens with one attached hydrogen (secondary N) is 5. The summed E-state index contributed by atoms with van der Waals surface area (Å²) in [6, 6.07) is 33.1. The summed E-state index contributed by atoms with van der Waals surface area (Å²) in [6.07, 6.45) is 10.0. The highest BCUT2D eigenvalue weighted by molar-refractivity contribution is 6.42. The predicted octanol–water partition coefficient (Wildman–Crippen LogP) is 13.1. The lowest BCUT2D eigenvalue weighted by atomic mass is 10.1. The molecule has 0 saturated carbocycles. The summed E-state index contributed by atoms with van der Waals surface area (Å²) >= 11 is 11.7. The van der Waals surface area contributed by atoms with Crippen LogP contribution in [-0.2, 0) is 104 Å². The maximum atomic E-state index is 12.1. The zero-order chi connectivity index (χ0) is 79.5. The first-order valence-corrected chi connectivity index (χ1v) is 37.3. The van der Waals surface area contributed by atoms with Crippen molar-refractivity contribution in [2.24, 2.45) is 29.6 Å².